The summed E-state index contributed by atoms with van der Waals surface area (Å²) in [6.07, 6.45) is 11.5. The van der Waals surface area contributed by atoms with Gasteiger partial charge in [-0.3, -0.25) is 0 Å². The van der Waals surface area contributed by atoms with Gasteiger partial charge in [0.1, 0.15) is 0 Å². The van der Waals surface area contributed by atoms with E-state index >= 15 is 0 Å². The van der Waals surface area contributed by atoms with Gasteiger partial charge in [0, 0.05) is 0 Å². The van der Waals surface area contributed by atoms with E-state index in [9.17, 15) is 0 Å². The third kappa shape index (κ3) is 8.47. The van der Waals surface area contributed by atoms with Crippen LogP contribution in [0.1, 0.15) is 81.3 Å². The van der Waals surface area contributed by atoms with Crippen molar-refractivity contribution in [1.29, 1.82) is 0 Å². The van der Waals surface area contributed by atoms with E-state index in [1.807, 2.05) is 0 Å². The minimum Gasteiger partial charge on any atom is -0.147 e. The van der Waals surface area contributed by atoms with Crippen LogP contribution in [-0.4, -0.2) is 3.21 Å². The zero-order chi connectivity index (χ0) is 31.2. The maximum Gasteiger partial charge on any atom is -0.147 e. The summed E-state index contributed by atoms with van der Waals surface area (Å²) in [4.78, 5) is 0. The second-order valence-electron chi connectivity index (χ2n) is 14.5. The summed E-state index contributed by atoms with van der Waals surface area (Å²) >= 11 is 2.38. The molecule has 240 valence electrons. The summed E-state index contributed by atoms with van der Waals surface area (Å²) in [7, 11) is 0. The molecule has 0 aromatic heterocycles. The second-order valence-corrected chi connectivity index (χ2v) is 23.5. The third-order valence-corrected chi connectivity index (χ3v) is 17.9. The molecular weight excluding hydrogens is 908 g/mol. The largest absolute Gasteiger partial charge is 0.147 e. The van der Waals surface area contributed by atoms with E-state index in [0.717, 1.165) is 25.7 Å². The van der Waals surface area contributed by atoms with Gasteiger partial charge in [0.2, 0.25) is 0 Å². The first kappa shape index (κ1) is 38.0. The van der Waals surface area contributed by atoms with Crippen molar-refractivity contribution in [3.05, 3.63) is 141 Å². The third-order valence-electron chi connectivity index (χ3n) is 9.08. The average molecular weight is 953 g/mol. The van der Waals surface area contributed by atoms with Gasteiger partial charge in [-0.1, -0.05) is 0 Å². The van der Waals surface area contributed by atoms with Gasteiger partial charge in [-0.05, 0) is 0 Å². The smallest absolute Gasteiger partial charge is 0.147 e. The number of hydrogen-bond donors (Lipinski definition) is 0. The Bertz CT molecular complexity index is 1800. The Morgan fingerprint density at radius 1 is 0.696 bits per heavy atom. The molecule has 0 bridgehead atoms. The fourth-order valence-corrected chi connectivity index (χ4v) is 16.1. The molecule has 0 amide bonds. The second kappa shape index (κ2) is 15.4. The van der Waals surface area contributed by atoms with E-state index < -0.39 is 21.3 Å². The molecule has 2 aliphatic rings. The van der Waals surface area contributed by atoms with Gasteiger partial charge in [0.15, 0.2) is 0 Å². The van der Waals surface area contributed by atoms with E-state index in [4.69, 9.17) is 0 Å². The Balaban J connectivity index is 0.00000240. The molecular formula is C41H44Cl2I2Zr. The first-order valence-corrected chi connectivity index (χ1v) is 21.6. The average Bonchev–Trinajstić information content (AvgIpc) is 3.60. The Labute approximate surface area is 324 Å². The minimum atomic E-state index is -2.57. The Hall–Kier alpha value is -0.847. The van der Waals surface area contributed by atoms with Crippen molar-refractivity contribution in [3.63, 3.8) is 0 Å². The van der Waals surface area contributed by atoms with E-state index in [-0.39, 0.29) is 35.6 Å². The van der Waals surface area contributed by atoms with E-state index in [1.165, 1.54) is 46.1 Å². The predicted molar refractivity (Wildman–Crippen MR) is 219 cm³/mol. The van der Waals surface area contributed by atoms with Crippen molar-refractivity contribution in [2.45, 2.75) is 78.1 Å². The van der Waals surface area contributed by atoms with Crippen molar-refractivity contribution in [2.75, 3.05) is 0 Å². The monoisotopic (exact) mass is 950 g/mol. The molecule has 0 atom stereocenters. The number of allylic oxidation sites excluding steroid dienone is 4. The standard InChI is InChI=1S/C21H25.C15H12I2.C5H5.2ClH.Zr/c1-20(2,3)16-9-7-14-11-15-8-10-17(21(4,5)6)13-19(15)18(14)12-16;16-14-8-2-6-12(10-14)4-1-5-13-7-3-9-15(17)11-13;1-2-4-5-3-1;;;/h7,9-10,12-13H,11H2,1-6H3;2-3,6-11H,4-5H2;1-3H,4H2;2*1H;. The van der Waals surface area contributed by atoms with Gasteiger partial charge in [-0.15, -0.1) is 24.8 Å². The summed E-state index contributed by atoms with van der Waals surface area (Å²) in [5.41, 5.74) is 12.1. The predicted octanol–water partition coefficient (Wildman–Crippen LogP) is 11.7. The van der Waals surface area contributed by atoms with E-state index in [1.54, 1.807) is 15.3 Å². The Kier molecular flexibility index (Phi) is 12.7. The number of halogens is 4. The van der Waals surface area contributed by atoms with Crippen molar-refractivity contribution >= 4 is 76.5 Å². The zero-order valence-corrected chi connectivity index (χ0v) is 36.0. The van der Waals surface area contributed by atoms with Crippen molar-refractivity contribution in [2.24, 2.45) is 0 Å². The first-order chi connectivity index (χ1) is 20.9. The fourth-order valence-electron chi connectivity index (χ4n) is 6.65. The maximum atomic E-state index is 2.67. The molecule has 4 aromatic rings. The van der Waals surface area contributed by atoms with Crippen LogP contribution >= 0.6 is 70.0 Å². The van der Waals surface area contributed by atoms with Crippen LogP contribution in [0.4, 0.5) is 0 Å². The molecule has 46 heavy (non-hydrogen) atoms. The van der Waals surface area contributed by atoms with Crippen LogP contribution in [0, 0.1) is 7.14 Å². The molecule has 0 unspecified atom stereocenters. The van der Waals surface area contributed by atoms with E-state index in [0.29, 0.717) is 0 Å². The van der Waals surface area contributed by atoms with Gasteiger partial charge in [-0.25, -0.2) is 0 Å². The topological polar surface area (TPSA) is 0 Å². The van der Waals surface area contributed by atoms with Crippen LogP contribution < -0.4 is 3.27 Å². The van der Waals surface area contributed by atoms with Crippen LogP contribution in [-0.2, 0) is 51.4 Å². The van der Waals surface area contributed by atoms with Gasteiger partial charge < -0.3 is 0 Å². The Morgan fingerprint density at radius 3 is 1.80 bits per heavy atom. The summed E-state index contributed by atoms with van der Waals surface area (Å²) in [6.45, 7) is 14.2. The van der Waals surface area contributed by atoms with Gasteiger partial charge in [-0.2, -0.15) is 0 Å². The molecule has 0 radical (unpaired) electrons. The quantitative estimate of drug-likeness (QED) is 0.149. The molecule has 0 nitrogen and oxygen atoms in total. The maximum absolute atomic E-state index is 2.67. The summed E-state index contributed by atoms with van der Waals surface area (Å²) in [5, 5.41) is 0. The molecule has 0 saturated carbocycles. The minimum absolute atomic E-state index is 0. The summed E-state index contributed by atoms with van der Waals surface area (Å²) < 4.78 is 7.86. The van der Waals surface area contributed by atoms with Crippen molar-refractivity contribution in [1.82, 2.24) is 0 Å². The molecule has 0 aliphatic heterocycles. The first-order valence-electron chi connectivity index (χ1n) is 15.8. The zero-order valence-electron chi connectivity index (χ0n) is 27.6. The fraction of sp³-hybridized carbons (Fsp3) is 0.293. The van der Waals surface area contributed by atoms with Crippen molar-refractivity contribution < 1.29 is 21.3 Å². The normalized spacial score (nSPS) is 13.3. The van der Waals surface area contributed by atoms with Crippen LogP contribution in [0.15, 0.2) is 100 Å². The number of rotatable bonds is 6. The molecule has 6 rings (SSSR count). The summed E-state index contributed by atoms with van der Waals surface area (Å²) in [5.74, 6) is 0. The molecule has 4 aromatic carbocycles. The van der Waals surface area contributed by atoms with E-state index in [2.05, 4.69) is 184 Å². The van der Waals surface area contributed by atoms with Crippen LogP contribution in [0.25, 0.3) is 11.1 Å². The molecule has 0 fully saturated rings. The van der Waals surface area contributed by atoms with Gasteiger partial charge >= 0.3 is 303 Å². The molecule has 0 saturated heterocycles. The van der Waals surface area contributed by atoms with Crippen LogP contribution in [0.5, 0.6) is 0 Å². The number of hydrogen-bond acceptors (Lipinski definition) is 0. The Morgan fingerprint density at radius 2 is 1.28 bits per heavy atom. The summed E-state index contributed by atoms with van der Waals surface area (Å²) in [6, 6.07) is 30.9. The molecule has 2 aliphatic carbocycles. The van der Waals surface area contributed by atoms with Gasteiger partial charge in [0.25, 0.3) is 0 Å². The molecule has 0 N–H and O–H groups in total. The molecule has 0 heterocycles. The number of benzene rings is 4. The SMILES string of the molecule is CC(C)(C)c1ccc2c(c1)-c1cc(C(C)(C)C)c[c]([Zr]([C]3=CC=CC3)=[C](Cc3cccc(I)c3)Cc3cccc(I)c3)c1C2.Cl.Cl. The van der Waals surface area contributed by atoms with Crippen LogP contribution in [0.3, 0.4) is 0 Å². The van der Waals surface area contributed by atoms with Crippen LogP contribution in [0.2, 0.25) is 0 Å². The van der Waals surface area contributed by atoms with Crippen molar-refractivity contribution in [3.8, 4) is 11.1 Å². The van der Waals surface area contributed by atoms with Gasteiger partial charge in [0.05, 0.1) is 0 Å². The molecule has 5 heteroatoms. The molecule has 0 spiro atoms. The number of fused-ring (bicyclic) bond motifs is 3.